The normalized spacial score (nSPS) is 18.2. The van der Waals surface area contributed by atoms with Crippen molar-refractivity contribution in [2.45, 2.75) is 74.5 Å². The van der Waals surface area contributed by atoms with Crippen LogP contribution in [0, 0.1) is 0 Å². The molecule has 8 atom stereocenters. The number of hydrogen-bond donors (Lipinski definition) is 14. The highest BCUT2D eigenvalue weighted by atomic mass is 16.4. The van der Waals surface area contributed by atoms with Crippen molar-refractivity contribution < 1.29 is 60.7 Å². The van der Waals surface area contributed by atoms with Crippen LogP contribution in [0.3, 0.4) is 0 Å². The molecular formula is C20H42N4O12. The van der Waals surface area contributed by atoms with E-state index in [0.717, 1.165) is 12.8 Å². The van der Waals surface area contributed by atoms with E-state index >= 15 is 0 Å². The molecule has 0 rings (SSSR count). The second-order valence-electron chi connectivity index (χ2n) is 8.28. The maximum Gasteiger partial charge on any atom is 0.314 e. The minimum atomic E-state index is -1.78. The van der Waals surface area contributed by atoms with Gasteiger partial charge in [-0.15, -0.1) is 0 Å². The third-order valence-electron chi connectivity index (χ3n) is 5.27. The lowest BCUT2D eigenvalue weighted by Crippen LogP contribution is -2.50. The summed E-state index contributed by atoms with van der Waals surface area (Å²) in [7, 11) is 0. The first-order chi connectivity index (χ1) is 17.0. The highest BCUT2D eigenvalue weighted by Gasteiger charge is 2.31. The van der Waals surface area contributed by atoms with E-state index in [1.54, 1.807) is 0 Å². The van der Waals surface area contributed by atoms with Crippen molar-refractivity contribution in [3.8, 4) is 0 Å². The Morgan fingerprint density at radius 3 is 1.08 bits per heavy atom. The molecule has 0 aliphatic heterocycles. The Hall–Kier alpha value is -1.86. The van der Waals surface area contributed by atoms with E-state index in [9.17, 15) is 50.4 Å². The summed E-state index contributed by atoms with van der Waals surface area (Å²) in [5.41, 5.74) is 0. The predicted molar refractivity (Wildman–Crippen MR) is 123 cm³/mol. The lowest BCUT2D eigenvalue weighted by atomic mass is 10.0. The van der Waals surface area contributed by atoms with Crippen LogP contribution in [0.15, 0.2) is 0 Å². The van der Waals surface area contributed by atoms with Crippen LogP contribution in [-0.2, 0) is 0 Å². The van der Waals surface area contributed by atoms with Crippen molar-refractivity contribution >= 4 is 12.1 Å². The zero-order valence-electron chi connectivity index (χ0n) is 20.0. The van der Waals surface area contributed by atoms with E-state index in [2.05, 4.69) is 21.3 Å². The highest BCUT2D eigenvalue weighted by molar-refractivity contribution is 5.74. The summed E-state index contributed by atoms with van der Waals surface area (Å²) >= 11 is 0. The Labute approximate surface area is 208 Å². The van der Waals surface area contributed by atoms with Crippen molar-refractivity contribution in [2.24, 2.45) is 0 Å². The molecule has 0 spiro atoms. The molecule has 4 amide bonds. The van der Waals surface area contributed by atoms with Crippen LogP contribution >= 0.6 is 0 Å². The molecule has 16 nitrogen and oxygen atoms in total. The Morgan fingerprint density at radius 2 is 0.778 bits per heavy atom. The number of aliphatic hydroxyl groups excluding tert-OH is 10. The second-order valence-corrected chi connectivity index (χ2v) is 8.28. The fraction of sp³-hybridized carbons (Fsp3) is 0.900. The number of amides is 4. The zero-order valence-corrected chi connectivity index (χ0v) is 20.0. The summed E-state index contributed by atoms with van der Waals surface area (Å²) < 4.78 is 0. The molecule has 14 N–H and O–H groups in total. The fourth-order valence-corrected chi connectivity index (χ4v) is 2.89. The SMILES string of the molecule is O=C(NCCCCCCNC(=O)NCC(O)C(O)C(O)C(O)CO)NCC(O)C(O)C(O)C(O)CO. The molecule has 0 aromatic rings. The van der Waals surface area contributed by atoms with Crippen LogP contribution < -0.4 is 21.3 Å². The van der Waals surface area contributed by atoms with Crippen LogP contribution in [0.5, 0.6) is 0 Å². The Kier molecular flexibility index (Phi) is 18.3. The standard InChI is InChI=1S/C20H42N4O12/c25-9-13(29)17(33)15(31)11(27)7-23-19(35)21-5-3-1-2-4-6-22-20(36)24-8-12(28)16(32)18(34)14(30)10-26/h11-18,25-34H,1-10H2,(H2,21,23,35)(H2,22,24,36). The highest BCUT2D eigenvalue weighted by Crippen LogP contribution is 2.05. The van der Waals surface area contributed by atoms with Gasteiger partial charge in [0.1, 0.15) is 36.6 Å². The van der Waals surface area contributed by atoms with E-state index in [4.69, 9.17) is 10.2 Å². The lowest BCUT2D eigenvalue weighted by molar-refractivity contribution is -0.113. The minimum Gasteiger partial charge on any atom is -0.394 e. The van der Waals surface area contributed by atoms with Gasteiger partial charge in [0.25, 0.3) is 0 Å². The number of urea groups is 2. The van der Waals surface area contributed by atoms with E-state index in [1.807, 2.05) is 0 Å². The quantitative estimate of drug-likeness (QED) is 0.0695. The molecule has 0 aliphatic carbocycles. The Bertz CT molecular complexity index is 555. The third kappa shape index (κ3) is 14.0. The summed E-state index contributed by atoms with van der Waals surface area (Å²) in [5, 5.41) is 103. The van der Waals surface area contributed by atoms with Crippen molar-refractivity contribution in [1.29, 1.82) is 0 Å². The summed E-state index contributed by atoms with van der Waals surface area (Å²) in [5.74, 6) is 0. The van der Waals surface area contributed by atoms with Gasteiger partial charge in [0.2, 0.25) is 0 Å². The first kappa shape index (κ1) is 34.1. The summed E-state index contributed by atoms with van der Waals surface area (Å²) in [6.07, 6.45) is -10.8. The molecule has 0 saturated carbocycles. The predicted octanol–water partition coefficient (Wildman–Crippen LogP) is -5.98. The monoisotopic (exact) mass is 530 g/mol. The smallest absolute Gasteiger partial charge is 0.314 e. The molecule has 0 heterocycles. The lowest BCUT2D eigenvalue weighted by Gasteiger charge is -2.25. The van der Waals surface area contributed by atoms with Gasteiger partial charge in [0, 0.05) is 26.2 Å². The number of carbonyl (C=O) groups is 2. The van der Waals surface area contributed by atoms with Gasteiger partial charge in [-0.2, -0.15) is 0 Å². The molecule has 16 heteroatoms. The van der Waals surface area contributed by atoms with Gasteiger partial charge < -0.3 is 72.3 Å². The van der Waals surface area contributed by atoms with Gasteiger partial charge in [-0.1, -0.05) is 12.8 Å². The van der Waals surface area contributed by atoms with Crippen LogP contribution in [-0.4, -0.2) is 151 Å². The average Bonchev–Trinajstić information content (AvgIpc) is 2.88. The number of carbonyl (C=O) groups excluding carboxylic acids is 2. The number of hydrogen-bond acceptors (Lipinski definition) is 12. The van der Waals surface area contributed by atoms with Crippen LogP contribution in [0.1, 0.15) is 25.7 Å². The molecule has 0 aromatic heterocycles. The molecule has 0 aliphatic rings. The van der Waals surface area contributed by atoms with Crippen molar-refractivity contribution in [1.82, 2.24) is 21.3 Å². The maximum atomic E-state index is 11.7. The summed E-state index contributed by atoms with van der Waals surface area (Å²) in [4.78, 5) is 23.4. The Balaban J connectivity index is 3.82. The zero-order chi connectivity index (χ0) is 27.7. The van der Waals surface area contributed by atoms with Gasteiger partial charge in [-0.25, -0.2) is 9.59 Å². The van der Waals surface area contributed by atoms with Crippen molar-refractivity contribution in [3.63, 3.8) is 0 Å². The van der Waals surface area contributed by atoms with Gasteiger partial charge in [0.15, 0.2) is 0 Å². The summed E-state index contributed by atoms with van der Waals surface area (Å²) in [6.45, 7) is -1.75. The van der Waals surface area contributed by atoms with E-state index in [0.29, 0.717) is 25.9 Å². The molecular weight excluding hydrogens is 488 g/mol. The van der Waals surface area contributed by atoms with Crippen molar-refractivity contribution in [3.05, 3.63) is 0 Å². The Morgan fingerprint density at radius 1 is 0.472 bits per heavy atom. The van der Waals surface area contributed by atoms with Gasteiger partial charge in [-0.3, -0.25) is 0 Å². The van der Waals surface area contributed by atoms with Crippen LogP contribution in [0.2, 0.25) is 0 Å². The molecule has 0 bridgehead atoms. The number of aliphatic hydroxyl groups is 10. The molecule has 214 valence electrons. The fourth-order valence-electron chi connectivity index (χ4n) is 2.89. The van der Waals surface area contributed by atoms with E-state index < -0.39 is 87.2 Å². The maximum absolute atomic E-state index is 11.7. The molecule has 0 radical (unpaired) electrons. The molecule has 0 saturated heterocycles. The molecule has 0 aromatic carbocycles. The van der Waals surface area contributed by atoms with Crippen molar-refractivity contribution in [2.75, 3.05) is 39.4 Å². The first-order valence-corrected chi connectivity index (χ1v) is 11.7. The second kappa shape index (κ2) is 19.3. The third-order valence-corrected chi connectivity index (χ3v) is 5.27. The molecule has 8 unspecified atom stereocenters. The summed E-state index contributed by atoms with van der Waals surface area (Å²) in [6, 6.07) is -1.22. The van der Waals surface area contributed by atoms with E-state index in [1.165, 1.54) is 0 Å². The molecule has 36 heavy (non-hydrogen) atoms. The van der Waals surface area contributed by atoms with Crippen LogP contribution in [0.4, 0.5) is 9.59 Å². The average molecular weight is 531 g/mol. The van der Waals surface area contributed by atoms with Gasteiger partial charge in [-0.05, 0) is 12.8 Å². The number of nitrogens with one attached hydrogen (secondary N) is 4. The van der Waals surface area contributed by atoms with Crippen LogP contribution in [0.25, 0.3) is 0 Å². The largest absolute Gasteiger partial charge is 0.394 e. The molecule has 0 fully saturated rings. The number of rotatable bonds is 19. The van der Waals surface area contributed by atoms with Gasteiger partial charge in [0.05, 0.1) is 25.4 Å². The number of unbranched alkanes of at least 4 members (excludes halogenated alkanes) is 3. The van der Waals surface area contributed by atoms with Gasteiger partial charge >= 0.3 is 12.1 Å². The first-order valence-electron chi connectivity index (χ1n) is 11.7. The van der Waals surface area contributed by atoms with E-state index in [-0.39, 0.29) is 0 Å². The minimum absolute atomic E-state index is 0.321. The topological polar surface area (TPSA) is 285 Å².